The van der Waals surface area contributed by atoms with Crippen molar-refractivity contribution < 1.29 is 17.9 Å². The van der Waals surface area contributed by atoms with Crippen molar-refractivity contribution in [2.45, 2.75) is 57.4 Å². The summed E-state index contributed by atoms with van der Waals surface area (Å²) < 4.78 is 32.7. The number of ether oxygens (including phenoxy) is 1. The molecule has 1 heterocycles. The lowest BCUT2D eigenvalue weighted by atomic mass is 9.83. The molecule has 1 aromatic rings. The molecule has 2 rings (SSSR count). The number of hydrogen-bond donors (Lipinski definition) is 0. The molecule has 3 atom stereocenters. The largest absolute Gasteiger partial charge is 0.469 e. The van der Waals surface area contributed by atoms with Gasteiger partial charge in [-0.3, -0.25) is 4.79 Å². The Morgan fingerprint density at radius 2 is 1.96 bits per heavy atom. The lowest BCUT2D eigenvalue weighted by Crippen LogP contribution is -2.49. The van der Waals surface area contributed by atoms with Gasteiger partial charge in [0.05, 0.1) is 12.0 Å². The first-order valence-corrected chi connectivity index (χ1v) is 10.4. The van der Waals surface area contributed by atoms with Crippen LogP contribution in [0.3, 0.4) is 0 Å². The van der Waals surface area contributed by atoms with Crippen molar-refractivity contribution in [3.05, 3.63) is 29.8 Å². The van der Waals surface area contributed by atoms with Gasteiger partial charge in [0, 0.05) is 19.0 Å². The summed E-state index contributed by atoms with van der Waals surface area (Å²) in [5.74, 6) is 0.194. The Morgan fingerprint density at radius 3 is 2.52 bits per heavy atom. The number of hydrogen-bond acceptors (Lipinski definition) is 4. The van der Waals surface area contributed by atoms with Gasteiger partial charge in [-0.25, -0.2) is 8.42 Å². The van der Waals surface area contributed by atoms with Crippen LogP contribution in [0.1, 0.15) is 45.1 Å². The maximum atomic E-state index is 13.1. The van der Waals surface area contributed by atoms with Crippen LogP contribution in [0.4, 0.5) is 0 Å². The van der Waals surface area contributed by atoms with Crippen LogP contribution in [-0.2, 0) is 19.6 Å². The standard InChI is InChI=1S/C19H29NO4S/c1-5-15(3)18-12-16(13-19(21)24-4)10-11-20(18)25(22,23)17-8-6-14(2)7-9-17/h6-9,15-16,18H,5,10-13H2,1-4H3/t15-,16+,18+/m0/s1. The van der Waals surface area contributed by atoms with Crippen LogP contribution in [0, 0.1) is 18.8 Å². The molecule has 0 unspecified atom stereocenters. The maximum absolute atomic E-state index is 13.1. The highest BCUT2D eigenvalue weighted by molar-refractivity contribution is 7.89. The van der Waals surface area contributed by atoms with E-state index in [1.807, 2.05) is 19.1 Å². The third kappa shape index (κ3) is 4.61. The highest BCUT2D eigenvalue weighted by atomic mass is 32.2. The Labute approximate surface area is 151 Å². The van der Waals surface area contributed by atoms with E-state index in [4.69, 9.17) is 4.74 Å². The van der Waals surface area contributed by atoms with Crippen molar-refractivity contribution in [3.63, 3.8) is 0 Å². The molecule has 6 heteroatoms. The maximum Gasteiger partial charge on any atom is 0.305 e. The fourth-order valence-electron chi connectivity index (χ4n) is 3.49. The van der Waals surface area contributed by atoms with Gasteiger partial charge in [-0.2, -0.15) is 4.31 Å². The Morgan fingerprint density at radius 1 is 1.32 bits per heavy atom. The molecule has 0 bridgehead atoms. The van der Waals surface area contributed by atoms with E-state index in [-0.39, 0.29) is 23.8 Å². The molecular formula is C19H29NO4S. The summed E-state index contributed by atoms with van der Waals surface area (Å²) in [5, 5.41) is 0. The first-order valence-electron chi connectivity index (χ1n) is 8.94. The fourth-order valence-corrected chi connectivity index (χ4v) is 5.24. The van der Waals surface area contributed by atoms with E-state index in [0.29, 0.717) is 30.7 Å². The summed E-state index contributed by atoms with van der Waals surface area (Å²) in [4.78, 5) is 11.9. The van der Waals surface area contributed by atoms with Crippen molar-refractivity contribution in [1.82, 2.24) is 4.31 Å². The van der Waals surface area contributed by atoms with Gasteiger partial charge in [-0.05, 0) is 43.7 Å². The van der Waals surface area contributed by atoms with Gasteiger partial charge in [0.2, 0.25) is 10.0 Å². The molecule has 0 aliphatic carbocycles. The monoisotopic (exact) mass is 367 g/mol. The number of methoxy groups -OCH3 is 1. The van der Waals surface area contributed by atoms with Crippen molar-refractivity contribution in [1.29, 1.82) is 0 Å². The summed E-state index contributed by atoms with van der Waals surface area (Å²) in [6, 6.07) is 6.93. The second-order valence-electron chi connectivity index (χ2n) is 7.05. The van der Waals surface area contributed by atoms with Crippen LogP contribution in [-0.4, -0.2) is 38.4 Å². The van der Waals surface area contributed by atoms with Gasteiger partial charge >= 0.3 is 5.97 Å². The van der Waals surface area contributed by atoms with Gasteiger partial charge in [0.1, 0.15) is 0 Å². The van der Waals surface area contributed by atoms with Gasteiger partial charge in [0.25, 0.3) is 0 Å². The SMILES string of the molecule is CC[C@H](C)[C@H]1C[C@H](CC(=O)OC)CCN1S(=O)(=O)c1ccc(C)cc1. The summed E-state index contributed by atoms with van der Waals surface area (Å²) in [6.07, 6.45) is 2.65. The molecule has 1 aromatic carbocycles. The van der Waals surface area contributed by atoms with E-state index in [2.05, 4.69) is 13.8 Å². The van der Waals surface area contributed by atoms with E-state index in [9.17, 15) is 13.2 Å². The molecule has 1 fully saturated rings. The molecule has 0 radical (unpaired) electrons. The first kappa shape index (κ1) is 19.9. The van der Waals surface area contributed by atoms with Crippen molar-refractivity contribution in [2.75, 3.05) is 13.7 Å². The van der Waals surface area contributed by atoms with Gasteiger partial charge in [-0.1, -0.05) is 38.0 Å². The highest BCUT2D eigenvalue weighted by Gasteiger charge is 2.39. The topological polar surface area (TPSA) is 63.7 Å². The average molecular weight is 368 g/mol. The van der Waals surface area contributed by atoms with E-state index < -0.39 is 10.0 Å². The third-order valence-electron chi connectivity index (χ3n) is 5.31. The zero-order chi connectivity index (χ0) is 18.6. The minimum absolute atomic E-state index is 0.0836. The smallest absolute Gasteiger partial charge is 0.305 e. The molecule has 1 aliphatic rings. The molecule has 5 nitrogen and oxygen atoms in total. The molecule has 0 aromatic heterocycles. The van der Waals surface area contributed by atoms with Crippen molar-refractivity contribution >= 4 is 16.0 Å². The third-order valence-corrected chi connectivity index (χ3v) is 7.25. The predicted molar refractivity (Wildman–Crippen MR) is 97.7 cm³/mol. The quantitative estimate of drug-likeness (QED) is 0.723. The lowest BCUT2D eigenvalue weighted by molar-refractivity contribution is -0.142. The van der Waals surface area contributed by atoms with E-state index >= 15 is 0 Å². The number of esters is 1. The fraction of sp³-hybridized carbons (Fsp3) is 0.632. The molecule has 1 aliphatic heterocycles. The van der Waals surface area contributed by atoms with Crippen LogP contribution in [0.2, 0.25) is 0 Å². The summed E-state index contributed by atoms with van der Waals surface area (Å²) in [5.41, 5.74) is 1.04. The molecule has 140 valence electrons. The minimum atomic E-state index is -3.52. The molecule has 1 saturated heterocycles. The molecular weight excluding hydrogens is 338 g/mol. The van der Waals surface area contributed by atoms with E-state index in [0.717, 1.165) is 12.0 Å². The first-order chi connectivity index (χ1) is 11.8. The van der Waals surface area contributed by atoms with E-state index in [1.165, 1.54) is 7.11 Å². The van der Waals surface area contributed by atoms with Crippen LogP contribution < -0.4 is 0 Å². The molecule has 25 heavy (non-hydrogen) atoms. The van der Waals surface area contributed by atoms with Crippen molar-refractivity contribution in [2.24, 2.45) is 11.8 Å². The van der Waals surface area contributed by atoms with Crippen LogP contribution in [0.25, 0.3) is 0 Å². The molecule has 0 N–H and O–H groups in total. The average Bonchev–Trinajstić information content (AvgIpc) is 2.61. The second-order valence-corrected chi connectivity index (χ2v) is 8.94. The molecule has 0 spiro atoms. The normalized spacial score (nSPS) is 23.2. The minimum Gasteiger partial charge on any atom is -0.469 e. The van der Waals surface area contributed by atoms with Crippen LogP contribution in [0.5, 0.6) is 0 Å². The zero-order valence-corrected chi connectivity index (χ0v) is 16.4. The Hall–Kier alpha value is -1.40. The number of rotatable bonds is 6. The van der Waals surface area contributed by atoms with Crippen LogP contribution in [0.15, 0.2) is 29.2 Å². The number of piperidine rings is 1. The summed E-state index contributed by atoms with van der Waals surface area (Å²) >= 11 is 0. The van der Waals surface area contributed by atoms with Gasteiger partial charge in [-0.15, -0.1) is 0 Å². The number of carbonyl (C=O) groups excluding carboxylic acids is 1. The summed E-state index contributed by atoms with van der Waals surface area (Å²) in [6.45, 7) is 6.55. The number of nitrogens with zero attached hydrogens (tertiary/aromatic N) is 1. The Kier molecular flexibility index (Phi) is 6.63. The van der Waals surface area contributed by atoms with E-state index in [1.54, 1.807) is 16.4 Å². The number of sulfonamides is 1. The van der Waals surface area contributed by atoms with Gasteiger partial charge < -0.3 is 4.74 Å². The van der Waals surface area contributed by atoms with Crippen LogP contribution >= 0.6 is 0 Å². The molecule has 0 amide bonds. The Balaban J connectivity index is 2.26. The predicted octanol–water partition coefficient (Wildman–Crippen LogP) is 3.37. The number of aryl methyl sites for hydroxylation is 1. The summed E-state index contributed by atoms with van der Waals surface area (Å²) in [7, 11) is -2.13. The second kappa shape index (κ2) is 8.32. The highest BCUT2D eigenvalue weighted by Crippen LogP contribution is 2.34. The van der Waals surface area contributed by atoms with Gasteiger partial charge in [0.15, 0.2) is 0 Å². The van der Waals surface area contributed by atoms with Crippen molar-refractivity contribution in [3.8, 4) is 0 Å². The zero-order valence-electron chi connectivity index (χ0n) is 15.6. The number of carbonyl (C=O) groups is 1. The molecule has 0 saturated carbocycles. The number of benzene rings is 1. The Bertz CT molecular complexity index is 684. The lowest BCUT2D eigenvalue weighted by Gasteiger charge is -2.41.